The van der Waals surface area contributed by atoms with Crippen LogP contribution >= 0.6 is 0 Å². The van der Waals surface area contributed by atoms with E-state index in [2.05, 4.69) is 25.6 Å². The van der Waals surface area contributed by atoms with Gasteiger partial charge in [-0.15, -0.1) is 0 Å². The second-order valence-corrected chi connectivity index (χ2v) is 6.97. The van der Waals surface area contributed by atoms with Gasteiger partial charge in [-0.3, -0.25) is 10.3 Å². The zero-order valence-corrected chi connectivity index (χ0v) is 17.9. The van der Waals surface area contributed by atoms with Crippen LogP contribution in [0.25, 0.3) is 28.5 Å². The molecular weight excluding hydrogens is 418 g/mol. The summed E-state index contributed by atoms with van der Waals surface area (Å²) in [5, 5.41) is 5.31. The van der Waals surface area contributed by atoms with E-state index < -0.39 is 5.97 Å². The van der Waals surface area contributed by atoms with E-state index in [0.717, 1.165) is 11.1 Å². The number of urea groups is 1. The Hall–Kier alpha value is -4.59. The lowest BCUT2D eigenvalue weighted by atomic mass is 10.1. The van der Waals surface area contributed by atoms with E-state index in [0.29, 0.717) is 35.0 Å². The lowest BCUT2D eigenvalue weighted by Gasteiger charge is -2.07. The summed E-state index contributed by atoms with van der Waals surface area (Å²) in [6.45, 7) is 2.34. The Morgan fingerprint density at radius 2 is 1.76 bits per heavy atom. The maximum Gasteiger partial charge on any atom is 0.336 e. The summed E-state index contributed by atoms with van der Waals surface area (Å²) < 4.78 is 5.35. The highest BCUT2D eigenvalue weighted by Crippen LogP contribution is 2.22. The van der Waals surface area contributed by atoms with Crippen molar-refractivity contribution in [2.24, 2.45) is 0 Å². The summed E-state index contributed by atoms with van der Waals surface area (Å²) in [7, 11) is 0. The Kier molecular flexibility index (Phi) is 6.65. The molecule has 0 unspecified atom stereocenters. The van der Waals surface area contributed by atoms with E-state index >= 15 is 0 Å². The molecule has 0 spiro atoms. The average molecular weight is 439 g/mol. The van der Waals surface area contributed by atoms with Gasteiger partial charge in [0, 0.05) is 18.2 Å². The van der Waals surface area contributed by atoms with Crippen molar-refractivity contribution in [3.05, 3.63) is 84.6 Å². The fraction of sp³-hybridized carbons (Fsp3) is 0.0800. The molecule has 0 atom stereocenters. The number of carbonyl (C=O) groups is 2. The van der Waals surface area contributed by atoms with Crippen LogP contribution in [0, 0.1) is 0 Å². The molecule has 8 heteroatoms. The number of anilines is 1. The summed E-state index contributed by atoms with van der Waals surface area (Å²) in [5.41, 5.74) is 3.32. The third-order valence-corrected chi connectivity index (χ3v) is 4.57. The highest BCUT2D eigenvalue weighted by atomic mass is 16.5. The monoisotopic (exact) mass is 439 g/mol. The number of amides is 2. The number of carbonyl (C=O) groups excluding carboxylic acids is 2. The Bertz CT molecular complexity index is 1300. The van der Waals surface area contributed by atoms with E-state index in [9.17, 15) is 9.59 Å². The Morgan fingerprint density at radius 1 is 0.970 bits per heavy atom. The molecule has 33 heavy (non-hydrogen) atoms. The molecule has 0 aliphatic rings. The van der Waals surface area contributed by atoms with Crippen LogP contribution < -0.4 is 15.4 Å². The SMILES string of the molecule is CCNC(=O)Nc1ccc2ncc(-c3ccc(OC(=O)C=Cc4ccccc4)cc3)nc2n1. The maximum atomic E-state index is 12.1. The lowest BCUT2D eigenvalue weighted by Crippen LogP contribution is -2.28. The number of ether oxygens (including phenoxy) is 1. The third-order valence-electron chi connectivity index (χ3n) is 4.57. The lowest BCUT2D eigenvalue weighted by molar-refractivity contribution is -0.128. The summed E-state index contributed by atoms with van der Waals surface area (Å²) >= 11 is 0. The van der Waals surface area contributed by atoms with Gasteiger partial charge < -0.3 is 10.1 Å². The number of aromatic nitrogens is 3. The minimum atomic E-state index is -0.464. The number of rotatable bonds is 6. The molecule has 4 aromatic rings. The van der Waals surface area contributed by atoms with Crippen LogP contribution in [-0.2, 0) is 4.79 Å². The van der Waals surface area contributed by atoms with E-state index in [-0.39, 0.29) is 6.03 Å². The predicted octanol–water partition coefficient (Wildman–Crippen LogP) is 4.45. The molecule has 0 aliphatic carbocycles. The highest BCUT2D eigenvalue weighted by Gasteiger charge is 2.08. The molecule has 4 rings (SSSR count). The van der Waals surface area contributed by atoms with Gasteiger partial charge in [0.25, 0.3) is 0 Å². The first-order valence-electron chi connectivity index (χ1n) is 10.3. The standard InChI is InChI=1S/C25H21N5O3/c1-2-26-25(32)30-22-14-13-20-24(29-22)28-21(16-27-20)18-9-11-19(12-10-18)33-23(31)15-8-17-6-4-3-5-7-17/h3-16H,2H2,1H3,(H2,26,28,29,30,32). The van der Waals surface area contributed by atoms with Crippen molar-refractivity contribution in [1.29, 1.82) is 0 Å². The van der Waals surface area contributed by atoms with Gasteiger partial charge in [-0.1, -0.05) is 30.3 Å². The maximum absolute atomic E-state index is 12.1. The predicted molar refractivity (Wildman–Crippen MR) is 127 cm³/mol. The first kappa shape index (κ1) is 21.6. The minimum absolute atomic E-state index is 0.336. The van der Waals surface area contributed by atoms with Gasteiger partial charge in [0.1, 0.15) is 17.1 Å². The first-order valence-corrected chi connectivity index (χ1v) is 10.3. The van der Waals surface area contributed by atoms with Crippen LogP contribution in [0.3, 0.4) is 0 Å². The van der Waals surface area contributed by atoms with E-state index in [4.69, 9.17) is 4.74 Å². The number of esters is 1. The van der Waals surface area contributed by atoms with Crippen LogP contribution in [0.5, 0.6) is 5.75 Å². The van der Waals surface area contributed by atoms with Gasteiger partial charge in [-0.25, -0.2) is 19.6 Å². The molecule has 2 heterocycles. The van der Waals surface area contributed by atoms with Gasteiger partial charge in [0.05, 0.1) is 11.9 Å². The van der Waals surface area contributed by atoms with Gasteiger partial charge >= 0.3 is 12.0 Å². The van der Waals surface area contributed by atoms with Crippen molar-refractivity contribution in [1.82, 2.24) is 20.3 Å². The van der Waals surface area contributed by atoms with Crippen molar-refractivity contribution in [2.45, 2.75) is 6.92 Å². The van der Waals surface area contributed by atoms with Crippen molar-refractivity contribution in [3.8, 4) is 17.0 Å². The minimum Gasteiger partial charge on any atom is -0.423 e. The summed E-state index contributed by atoms with van der Waals surface area (Å²) in [5.74, 6) is 0.334. The molecule has 2 aromatic heterocycles. The zero-order chi connectivity index (χ0) is 23.0. The number of fused-ring (bicyclic) bond motifs is 1. The molecule has 164 valence electrons. The molecule has 2 aromatic carbocycles. The summed E-state index contributed by atoms with van der Waals surface area (Å²) in [4.78, 5) is 37.1. The van der Waals surface area contributed by atoms with Crippen molar-refractivity contribution >= 4 is 35.1 Å². The molecule has 0 bridgehead atoms. The van der Waals surface area contributed by atoms with Crippen molar-refractivity contribution in [3.63, 3.8) is 0 Å². The molecule has 2 N–H and O–H groups in total. The Morgan fingerprint density at radius 3 is 2.52 bits per heavy atom. The number of nitrogens with one attached hydrogen (secondary N) is 2. The van der Waals surface area contributed by atoms with Crippen molar-refractivity contribution < 1.29 is 14.3 Å². The molecule has 2 amide bonds. The number of hydrogen-bond donors (Lipinski definition) is 2. The van der Waals surface area contributed by atoms with Gasteiger partial charge in [-0.05, 0) is 55.0 Å². The number of benzene rings is 2. The molecule has 0 saturated carbocycles. The molecule has 0 fully saturated rings. The van der Waals surface area contributed by atoms with Crippen LogP contribution in [-0.4, -0.2) is 33.5 Å². The van der Waals surface area contributed by atoms with Crippen molar-refractivity contribution in [2.75, 3.05) is 11.9 Å². The number of nitrogens with zero attached hydrogens (tertiary/aromatic N) is 3. The second kappa shape index (κ2) is 10.1. The van der Waals surface area contributed by atoms with Gasteiger partial charge in [-0.2, -0.15) is 0 Å². The van der Waals surface area contributed by atoms with Gasteiger partial charge in [0.15, 0.2) is 5.65 Å². The molecule has 0 radical (unpaired) electrons. The molecule has 0 saturated heterocycles. The highest BCUT2D eigenvalue weighted by molar-refractivity contribution is 5.90. The zero-order valence-electron chi connectivity index (χ0n) is 17.9. The fourth-order valence-corrected chi connectivity index (χ4v) is 3.00. The van der Waals surface area contributed by atoms with E-state index in [1.807, 2.05) is 37.3 Å². The van der Waals surface area contributed by atoms with Crippen LogP contribution in [0.4, 0.5) is 10.6 Å². The Balaban J connectivity index is 1.46. The summed E-state index contributed by atoms with van der Waals surface area (Å²) in [6, 6.07) is 19.5. The fourth-order valence-electron chi connectivity index (χ4n) is 3.00. The number of hydrogen-bond acceptors (Lipinski definition) is 6. The van der Waals surface area contributed by atoms with E-state index in [1.54, 1.807) is 48.7 Å². The quantitative estimate of drug-likeness (QED) is 0.261. The van der Waals surface area contributed by atoms with Crippen LogP contribution in [0.15, 0.2) is 79.0 Å². The largest absolute Gasteiger partial charge is 0.423 e. The average Bonchev–Trinajstić information content (AvgIpc) is 2.83. The summed E-state index contributed by atoms with van der Waals surface area (Å²) in [6.07, 6.45) is 4.73. The number of pyridine rings is 1. The molecule has 8 nitrogen and oxygen atoms in total. The first-order chi connectivity index (χ1) is 16.1. The molecule has 0 aliphatic heterocycles. The second-order valence-electron chi connectivity index (χ2n) is 6.97. The molecular formula is C25H21N5O3. The van der Waals surface area contributed by atoms with Crippen LogP contribution in [0.2, 0.25) is 0 Å². The van der Waals surface area contributed by atoms with Gasteiger partial charge in [0.2, 0.25) is 0 Å². The normalized spacial score (nSPS) is 10.8. The van der Waals surface area contributed by atoms with E-state index in [1.165, 1.54) is 6.08 Å². The topological polar surface area (TPSA) is 106 Å². The third kappa shape index (κ3) is 5.76. The smallest absolute Gasteiger partial charge is 0.336 e. The Labute approximate surface area is 190 Å². The van der Waals surface area contributed by atoms with Crippen LogP contribution in [0.1, 0.15) is 12.5 Å².